The summed E-state index contributed by atoms with van der Waals surface area (Å²) in [5.41, 5.74) is -0.831. The lowest BCUT2D eigenvalue weighted by atomic mass is 9.93. The van der Waals surface area contributed by atoms with Crippen molar-refractivity contribution < 1.29 is 14.7 Å². The number of likely N-dealkylation sites (N-methyl/N-ethyl adjacent to an activating group) is 2. The van der Waals surface area contributed by atoms with Crippen molar-refractivity contribution in [2.75, 3.05) is 33.7 Å². The Hall–Kier alpha value is -1.10. The van der Waals surface area contributed by atoms with Crippen LogP contribution in [0.3, 0.4) is 0 Å². The van der Waals surface area contributed by atoms with E-state index in [0.717, 1.165) is 0 Å². The first-order valence-corrected chi connectivity index (χ1v) is 5.36. The second-order valence-electron chi connectivity index (χ2n) is 4.78. The topological polar surface area (TPSA) is 60.9 Å². The SMILES string of the molecule is CCN(CC(=O)N(C)C)CC(C)(C)C(=O)O. The van der Waals surface area contributed by atoms with Crippen molar-refractivity contribution in [3.05, 3.63) is 0 Å². The first-order chi connectivity index (χ1) is 7.20. The molecule has 0 aliphatic carbocycles. The average Bonchev–Trinajstić information content (AvgIpc) is 2.15. The molecular formula is C11H22N2O3. The van der Waals surface area contributed by atoms with Gasteiger partial charge in [0, 0.05) is 20.6 Å². The van der Waals surface area contributed by atoms with Gasteiger partial charge in [0.2, 0.25) is 5.91 Å². The van der Waals surface area contributed by atoms with E-state index in [1.54, 1.807) is 27.9 Å². The number of amides is 1. The smallest absolute Gasteiger partial charge is 0.310 e. The normalized spacial score (nSPS) is 11.6. The van der Waals surface area contributed by atoms with E-state index in [2.05, 4.69) is 0 Å². The number of carboxylic acid groups (broad SMARTS) is 1. The molecule has 0 aliphatic rings. The molecule has 0 unspecified atom stereocenters. The van der Waals surface area contributed by atoms with E-state index in [9.17, 15) is 9.59 Å². The molecule has 0 aromatic carbocycles. The molecule has 0 fully saturated rings. The Morgan fingerprint density at radius 2 is 1.75 bits per heavy atom. The highest BCUT2D eigenvalue weighted by atomic mass is 16.4. The fourth-order valence-corrected chi connectivity index (χ4v) is 1.24. The number of carbonyl (C=O) groups excluding carboxylic acids is 1. The molecule has 0 saturated carbocycles. The molecule has 0 atom stereocenters. The minimum atomic E-state index is -0.844. The van der Waals surface area contributed by atoms with Crippen LogP contribution in [-0.2, 0) is 9.59 Å². The zero-order valence-electron chi connectivity index (χ0n) is 10.8. The van der Waals surface area contributed by atoms with Crippen LogP contribution in [0.15, 0.2) is 0 Å². The van der Waals surface area contributed by atoms with Crippen molar-refractivity contribution in [1.82, 2.24) is 9.80 Å². The Bertz CT molecular complexity index is 262. The van der Waals surface area contributed by atoms with Crippen molar-refractivity contribution in [3.63, 3.8) is 0 Å². The molecule has 0 aromatic heterocycles. The summed E-state index contributed by atoms with van der Waals surface area (Å²) in [6.07, 6.45) is 0. The number of aliphatic carboxylic acids is 1. The van der Waals surface area contributed by atoms with Gasteiger partial charge in [0.15, 0.2) is 0 Å². The van der Waals surface area contributed by atoms with Crippen molar-refractivity contribution in [3.8, 4) is 0 Å². The lowest BCUT2D eigenvalue weighted by Gasteiger charge is -2.29. The molecule has 1 N–H and O–H groups in total. The van der Waals surface area contributed by atoms with Crippen molar-refractivity contribution in [1.29, 1.82) is 0 Å². The van der Waals surface area contributed by atoms with Crippen LogP contribution in [0.4, 0.5) is 0 Å². The first kappa shape index (κ1) is 14.9. The number of carboxylic acids is 1. The summed E-state index contributed by atoms with van der Waals surface area (Å²) in [4.78, 5) is 25.8. The highest BCUT2D eigenvalue weighted by Gasteiger charge is 2.30. The quantitative estimate of drug-likeness (QED) is 0.722. The molecule has 0 spiro atoms. The number of hydrogen-bond acceptors (Lipinski definition) is 3. The van der Waals surface area contributed by atoms with Crippen LogP contribution >= 0.6 is 0 Å². The van der Waals surface area contributed by atoms with Gasteiger partial charge >= 0.3 is 5.97 Å². The third-order valence-electron chi connectivity index (χ3n) is 2.50. The summed E-state index contributed by atoms with van der Waals surface area (Å²) in [5, 5.41) is 9.01. The predicted octanol–water partition coefficient (Wildman–Crippen LogP) is 0.507. The van der Waals surface area contributed by atoms with Crippen LogP contribution in [0.1, 0.15) is 20.8 Å². The van der Waals surface area contributed by atoms with Gasteiger partial charge in [0.1, 0.15) is 0 Å². The zero-order valence-corrected chi connectivity index (χ0v) is 10.8. The van der Waals surface area contributed by atoms with Gasteiger partial charge in [-0.3, -0.25) is 14.5 Å². The lowest BCUT2D eigenvalue weighted by Crippen LogP contribution is -2.43. The average molecular weight is 230 g/mol. The second kappa shape index (κ2) is 5.84. The summed E-state index contributed by atoms with van der Waals surface area (Å²) in [6.45, 7) is 6.55. The Balaban J connectivity index is 4.42. The van der Waals surface area contributed by atoms with Crippen molar-refractivity contribution in [2.45, 2.75) is 20.8 Å². The highest BCUT2D eigenvalue weighted by molar-refractivity contribution is 5.78. The van der Waals surface area contributed by atoms with Gasteiger partial charge in [-0.15, -0.1) is 0 Å². The minimum absolute atomic E-state index is 0.0111. The standard InChI is InChI=1S/C11H22N2O3/c1-6-13(7-9(14)12(4)5)8-11(2,3)10(15)16/h6-8H2,1-5H3,(H,15,16). The maximum absolute atomic E-state index is 11.5. The third kappa shape index (κ3) is 4.61. The zero-order chi connectivity index (χ0) is 12.9. The molecule has 16 heavy (non-hydrogen) atoms. The van der Waals surface area contributed by atoms with Crippen LogP contribution in [0.5, 0.6) is 0 Å². The number of hydrogen-bond donors (Lipinski definition) is 1. The summed E-state index contributed by atoms with van der Waals surface area (Å²) in [6, 6.07) is 0. The second-order valence-corrected chi connectivity index (χ2v) is 4.78. The molecule has 1 amide bonds. The summed E-state index contributed by atoms with van der Waals surface area (Å²) >= 11 is 0. The van der Waals surface area contributed by atoms with Crippen LogP contribution in [0.25, 0.3) is 0 Å². The lowest BCUT2D eigenvalue weighted by molar-refractivity contribution is -0.148. The number of rotatable bonds is 6. The van der Waals surface area contributed by atoms with E-state index >= 15 is 0 Å². The minimum Gasteiger partial charge on any atom is -0.481 e. The van der Waals surface area contributed by atoms with Gasteiger partial charge < -0.3 is 10.0 Å². The van der Waals surface area contributed by atoms with Crippen LogP contribution < -0.4 is 0 Å². The first-order valence-electron chi connectivity index (χ1n) is 5.36. The van der Waals surface area contributed by atoms with E-state index in [4.69, 9.17) is 5.11 Å². The maximum Gasteiger partial charge on any atom is 0.310 e. The van der Waals surface area contributed by atoms with E-state index in [0.29, 0.717) is 13.1 Å². The maximum atomic E-state index is 11.5. The Morgan fingerprint density at radius 1 is 1.25 bits per heavy atom. The Morgan fingerprint density at radius 3 is 2.06 bits per heavy atom. The third-order valence-corrected chi connectivity index (χ3v) is 2.50. The number of carbonyl (C=O) groups is 2. The summed E-state index contributed by atoms with van der Waals surface area (Å²) in [5.74, 6) is -0.855. The molecule has 0 aromatic rings. The Labute approximate surface area is 97.0 Å². The molecular weight excluding hydrogens is 208 g/mol. The van der Waals surface area contributed by atoms with Gasteiger partial charge in [-0.1, -0.05) is 6.92 Å². The van der Waals surface area contributed by atoms with Crippen LogP contribution in [-0.4, -0.2) is 60.5 Å². The van der Waals surface area contributed by atoms with Gasteiger partial charge in [-0.05, 0) is 20.4 Å². The van der Waals surface area contributed by atoms with Gasteiger partial charge in [0.25, 0.3) is 0 Å². The fourth-order valence-electron chi connectivity index (χ4n) is 1.24. The van der Waals surface area contributed by atoms with Crippen molar-refractivity contribution in [2.24, 2.45) is 5.41 Å². The summed E-state index contributed by atoms with van der Waals surface area (Å²) < 4.78 is 0. The molecule has 0 radical (unpaired) electrons. The molecule has 0 bridgehead atoms. The van der Waals surface area contributed by atoms with Gasteiger partial charge in [-0.25, -0.2) is 0 Å². The fraction of sp³-hybridized carbons (Fsp3) is 0.818. The molecule has 0 rings (SSSR count). The molecule has 5 nitrogen and oxygen atoms in total. The van der Waals surface area contributed by atoms with E-state index < -0.39 is 11.4 Å². The highest BCUT2D eigenvalue weighted by Crippen LogP contribution is 2.16. The van der Waals surface area contributed by atoms with Gasteiger partial charge in [-0.2, -0.15) is 0 Å². The summed E-state index contributed by atoms with van der Waals surface area (Å²) in [7, 11) is 3.39. The molecule has 0 heterocycles. The molecule has 0 aliphatic heterocycles. The van der Waals surface area contributed by atoms with Crippen molar-refractivity contribution >= 4 is 11.9 Å². The van der Waals surface area contributed by atoms with E-state index in [1.165, 1.54) is 4.90 Å². The van der Waals surface area contributed by atoms with E-state index in [-0.39, 0.29) is 12.5 Å². The monoisotopic (exact) mass is 230 g/mol. The Kier molecular flexibility index (Phi) is 5.44. The number of nitrogens with zero attached hydrogens (tertiary/aromatic N) is 2. The molecule has 94 valence electrons. The van der Waals surface area contributed by atoms with Gasteiger partial charge in [0.05, 0.1) is 12.0 Å². The van der Waals surface area contributed by atoms with Crippen LogP contribution in [0.2, 0.25) is 0 Å². The van der Waals surface area contributed by atoms with E-state index in [1.807, 2.05) is 11.8 Å². The predicted molar refractivity (Wildman–Crippen MR) is 62.2 cm³/mol. The molecule has 5 heteroatoms. The van der Waals surface area contributed by atoms with Crippen LogP contribution in [0, 0.1) is 5.41 Å². The largest absolute Gasteiger partial charge is 0.481 e. The molecule has 0 saturated heterocycles.